The smallest absolute Gasteiger partial charge is 0.409 e. The summed E-state index contributed by atoms with van der Waals surface area (Å²) in [5.41, 5.74) is 6.74. The number of nitrogens with two attached hydrogens (primary N) is 1. The first-order valence-electron chi connectivity index (χ1n) is 8.88. The standard InChI is InChI=1S/C18H27N5O3/c1-3-20-17(21-13-14-5-7-15(8-6-14)16(19)24)22-9-11-23(12-10-22)18(25)26-4-2/h5-8H,3-4,9-13H2,1-2H3,(H2,19,24)(H,20,21). The van der Waals surface area contributed by atoms with Crippen LogP contribution in [-0.2, 0) is 11.3 Å². The van der Waals surface area contributed by atoms with Crippen LogP contribution in [0.4, 0.5) is 4.79 Å². The van der Waals surface area contributed by atoms with Gasteiger partial charge in [-0.1, -0.05) is 12.1 Å². The van der Waals surface area contributed by atoms with E-state index in [0.717, 1.165) is 18.1 Å². The maximum Gasteiger partial charge on any atom is 0.409 e. The van der Waals surface area contributed by atoms with Crippen LogP contribution in [0.15, 0.2) is 29.3 Å². The third kappa shape index (κ3) is 5.37. The molecule has 1 aliphatic heterocycles. The van der Waals surface area contributed by atoms with Crippen molar-refractivity contribution in [2.45, 2.75) is 20.4 Å². The fourth-order valence-electron chi connectivity index (χ4n) is 2.68. The molecular weight excluding hydrogens is 334 g/mol. The normalized spacial score (nSPS) is 14.9. The van der Waals surface area contributed by atoms with Crippen molar-refractivity contribution in [1.29, 1.82) is 0 Å². The number of rotatable bonds is 5. The predicted octanol–water partition coefficient (Wildman–Crippen LogP) is 1.03. The summed E-state index contributed by atoms with van der Waals surface area (Å²) in [6.07, 6.45) is -0.261. The molecule has 0 radical (unpaired) electrons. The van der Waals surface area contributed by atoms with Crippen molar-refractivity contribution in [3.05, 3.63) is 35.4 Å². The second kappa shape index (κ2) is 9.65. The zero-order valence-corrected chi connectivity index (χ0v) is 15.4. The zero-order valence-electron chi connectivity index (χ0n) is 15.4. The van der Waals surface area contributed by atoms with Crippen molar-refractivity contribution in [3.63, 3.8) is 0 Å². The second-order valence-electron chi connectivity index (χ2n) is 5.90. The van der Waals surface area contributed by atoms with Gasteiger partial charge in [-0.25, -0.2) is 9.79 Å². The summed E-state index contributed by atoms with van der Waals surface area (Å²) in [6.45, 7) is 8.09. The Morgan fingerprint density at radius 2 is 1.73 bits per heavy atom. The Balaban J connectivity index is 1.96. The number of guanidine groups is 1. The van der Waals surface area contributed by atoms with E-state index in [-0.39, 0.29) is 6.09 Å². The lowest BCUT2D eigenvalue weighted by atomic mass is 10.1. The molecule has 0 aromatic heterocycles. The number of primary amides is 1. The molecule has 0 bridgehead atoms. The highest BCUT2D eigenvalue weighted by atomic mass is 16.6. The van der Waals surface area contributed by atoms with Crippen LogP contribution in [0.3, 0.4) is 0 Å². The van der Waals surface area contributed by atoms with E-state index in [0.29, 0.717) is 44.9 Å². The molecule has 142 valence electrons. The molecule has 1 aromatic carbocycles. The van der Waals surface area contributed by atoms with Gasteiger partial charge in [-0.3, -0.25) is 4.79 Å². The first kappa shape index (κ1) is 19.6. The van der Waals surface area contributed by atoms with Gasteiger partial charge in [-0.15, -0.1) is 0 Å². The van der Waals surface area contributed by atoms with Gasteiger partial charge in [0.25, 0.3) is 0 Å². The van der Waals surface area contributed by atoms with E-state index >= 15 is 0 Å². The quantitative estimate of drug-likeness (QED) is 0.603. The Hall–Kier alpha value is -2.77. The fraction of sp³-hybridized carbons (Fsp3) is 0.500. The Labute approximate surface area is 154 Å². The maximum absolute atomic E-state index is 11.8. The predicted molar refractivity (Wildman–Crippen MR) is 99.9 cm³/mol. The molecule has 26 heavy (non-hydrogen) atoms. The maximum atomic E-state index is 11.8. The number of ether oxygens (including phenoxy) is 1. The Morgan fingerprint density at radius 1 is 1.12 bits per heavy atom. The van der Waals surface area contributed by atoms with Crippen LogP contribution < -0.4 is 11.1 Å². The van der Waals surface area contributed by atoms with Gasteiger partial charge in [0, 0.05) is 38.3 Å². The minimum Gasteiger partial charge on any atom is -0.450 e. The van der Waals surface area contributed by atoms with Gasteiger partial charge >= 0.3 is 6.09 Å². The zero-order chi connectivity index (χ0) is 18.9. The lowest BCUT2D eigenvalue weighted by Crippen LogP contribution is -2.53. The van der Waals surface area contributed by atoms with Crippen molar-refractivity contribution < 1.29 is 14.3 Å². The molecule has 0 saturated carbocycles. The number of amides is 2. The van der Waals surface area contributed by atoms with Crippen LogP contribution >= 0.6 is 0 Å². The minimum atomic E-state index is -0.437. The Bertz CT molecular complexity index is 637. The number of benzene rings is 1. The van der Waals surface area contributed by atoms with Crippen LogP contribution in [0.5, 0.6) is 0 Å². The van der Waals surface area contributed by atoms with Crippen LogP contribution in [-0.4, -0.2) is 67.1 Å². The molecule has 1 aromatic rings. The average Bonchev–Trinajstić information content (AvgIpc) is 2.66. The molecule has 0 spiro atoms. The molecule has 1 aliphatic rings. The topological polar surface area (TPSA) is 100 Å². The summed E-state index contributed by atoms with van der Waals surface area (Å²) in [5, 5.41) is 3.29. The van der Waals surface area contributed by atoms with E-state index in [1.165, 1.54) is 0 Å². The van der Waals surface area contributed by atoms with Gasteiger partial charge in [-0.2, -0.15) is 0 Å². The minimum absolute atomic E-state index is 0.261. The van der Waals surface area contributed by atoms with E-state index in [9.17, 15) is 9.59 Å². The van der Waals surface area contributed by atoms with E-state index in [1.54, 1.807) is 24.0 Å². The van der Waals surface area contributed by atoms with Gasteiger partial charge in [0.05, 0.1) is 13.2 Å². The number of piperazine rings is 1. The highest BCUT2D eigenvalue weighted by molar-refractivity contribution is 5.92. The second-order valence-corrected chi connectivity index (χ2v) is 5.90. The third-order valence-corrected chi connectivity index (χ3v) is 4.09. The van der Waals surface area contributed by atoms with Gasteiger partial charge in [-0.05, 0) is 31.5 Å². The van der Waals surface area contributed by atoms with Crippen molar-refractivity contribution in [2.75, 3.05) is 39.3 Å². The van der Waals surface area contributed by atoms with Crippen LogP contribution in [0.2, 0.25) is 0 Å². The number of carbonyl (C=O) groups is 2. The van der Waals surface area contributed by atoms with Crippen LogP contribution in [0, 0.1) is 0 Å². The lowest BCUT2D eigenvalue weighted by Gasteiger charge is -2.35. The van der Waals surface area contributed by atoms with E-state index in [1.807, 2.05) is 19.1 Å². The summed E-state index contributed by atoms with van der Waals surface area (Å²) < 4.78 is 5.05. The number of carbonyl (C=O) groups excluding carboxylic acids is 2. The largest absolute Gasteiger partial charge is 0.450 e. The van der Waals surface area contributed by atoms with Gasteiger partial charge in [0.2, 0.25) is 5.91 Å². The van der Waals surface area contributed by atoms with Crippen LogP contribution in [0.25, 0.3) is 0 Å². The van der Waals surface area contributed by atoms with Gasteiger partial charge in [0.15, 0.2) is 5.96 Å². The average molecular weight is 361 g/mol. The molecule has 0 unspecified atom stereocenters. The van der Waals surface area contributed by atoms with E-state index in [2.05, 4.69) is 15.2 Å². The number of aliphatic imine (C=N–C) groups is 1. The van der Waals surface area contributed by atoms with Crippen molar-refractivity contribution in [1.82, 2.24) is 15.1 Å². The molecule has 2 amide bonds. The highest BCUT2D eigenvalue weighted by Crippen LogP contribution is 2.08. The first-order chi connectivity index (χ1) is 12.5. The van der Waals surface area contributed by atoms with Gasteiger partial charge < -0.3 is 25.6 Å². The third-order valence-electron chi connectivity index (χ3n) is 4.09. The molecule has 8 heteroatoms. The Kier molecular flexibility index (Phi) is 7.25. The molecule has 8 nitrogen and oxygen atoms in total. The van der Waals surface area contributed by atoms with Crippen molar-refractivity contribution in [3.8, 4) is 0 Å². The molecule has 1 saturated heterocycles. The SMILES string of the molecule is CCNC(=NCc1ccc(C(N)=O)cc1)N1CCN(C(=O)OCC)CC1. The molecule has 3 N–H and O–H groups in total. The van der Waals surface area contributed by atoms with E-state index < -0.39 is 5.91 Å². The molecule has 1 heterocycles. The van der Waals surface area contributed by atoms with E-state index in [4.69, 9.17) is 10.5 Å². The van der Waals surface area contributed by atoms with Gasteiger partial charge in [0.1, 0.15) is 0 Å². The molecular formula is C18H27N5O3. The highest BCUT2D eigenvalue weighted by Gasteiger charge is 2.23. The number of hydrogen-bond acceptors (Lipinski definition) is 4. The molecule has 0 aliphatic carbocycles. The van der Waals surface area contributed by atoms with Crippen LogP contribution in [0.1, 0.15) is 29.8 Å². The summed E-state index contributed by atoms with van der Waals surface area (Å²) in [5.74, 6) is 0.378. The number of nitrogens with zero attached hydrogens (tertiary/aromatic N) is 3. The first-order valence-corrected chi connectivity index (χ1v) is 8.88. The molecule has 1 fully saturated rings. The summed E-state index contributed by atoms with van der Waals surface area (Å²) >= 11 is 0. The fourth-order valence-corrected chi connectivity index (χ4v) is 2.68. The molecule has 0 atom stereocenters. The molecule has 2 rings (SSSR count). The summed E-state index contributed by atoms with van der Waals surface area (Å²) in [4.78, 5) is 31.4. The van der Waals surface area contributed by atoms with Crippen molar-refractivity contribution >= 4 is 18.0 Å². The number of nitrogens with one attached hydrogen (secondary N) is 1. The Morgan fingerprint density at radius 3 is 2.27 bits per heavy atom. The monoisotopic (exact) mass is 361 g/mol. The lowest BCUT2D eigenvalue weighted by molar-refractivity contribution is 0.0914. The summed E-state index contributed by atoms with van der Waals surface area (Å²) in [7, 11) is 0. The number of hydrogen-bond donors (Lipinski definition) is 2. The summed E-state index contributed by atoms with van der Waals surface area (Å²) in [6, 6.07) is 7.12. The van der Waals surface area contributed by atoms with Crippen molar-refractivity contribution in [2.24, 2.45) is 10.7 Å².